The van der Waals surface area contributed by atoms with E-state index in [1.807, 2.05) is 0 Å². The summed E-state index contributed by atoms with van der Waals surface area (Å²) >= 11 is 8.80. The van der Waals surface area contributed by atoms with Crippen molar-refractivity contribution in [3.05, 3.63) is 27.2 Å². The molecule has 0 bridgehead atoms. The number of rotatable bonds is 3. The molecule has 0 radical (unpaired) electrons. The van der Waals surface area contributed by atoms with E-state index >= 15 is 0 Å². The number of aliphatic hydroxyl groups excluding tert-OH is 1. The number of ether oxygens (including phenoxy) is 1. The second kappa shape index (κ2) is 5.09. The maximum atomic E-state index is 12.3. The number of hydrogen-bond donors (Lipinski definition) is 1. The van der Waals surface area contributed by atoms with Crippen LogP contribution in [0, 0.1) is 0 Å². The van der Waals surface area contributed by atoms with Crippen LogP contribution in [0.15, 0.2) is 16.6 Å². The highest BCUT2D eigenvalue weighted by atomic mass is 79.9. The van der Waals surface area contributed by atoms with E-state index in [0.29, 0.717) is 4.47 Å². The van der Waals surface area contributed by atoms with Crippen molar-refractivity contribution in [1.82, 2.24) is 0 Å². The Labute approximate surface area is 98.9 Å². The van der Waals surface area contributed by atoms with Gasteiger partial charge in [-0.3, -0.25) is 0 Å². The Morgan fingerprint density at radius 1 is 1.47 bits per heavy atom. The van der Waals surface area contributed by atoms with Gasteiger partial charge in [-0.2, -0.15) is 0 Å². The third kappa shape index (κ3) is 2.80. The quantitative estimate of drug-likeness (QED) is 0.927. The smallest absolute Gasteiger partial charge is 0.268 e. The van der Waals surface area contributed by atoms with Gasteiger partial charge in [-0.1, -0.05) is 11.6 Å². The van der Waals surface area contributed by atoms with Crippen LogP contribution in [-0.2, 0) is 0 Å². The minimum absolute atomic E-state index is 0.0353. The molecule has 0 heterocycles. The van der Waals surface area contributed by atoms with E-state index < -0.39 is 12.5 Å². The molecule has 0 fully saturated rings. The van der Waals surface area contributed by atoms with Crippen molar-refractivity contribution >= 4 is 27.5 Å². The van der Waals surface area contributed by atoms with Gasteiger partial charge in [-0.05, 0) is 28.1 Å². The minimum atomic E-state index is -2.88. The second-order valence-corrected chi connectivity index (χ2v) is 4.08. The van der Waals surface area contributed by atoms with E-state index in [2.05, 4.69) is 15.9 Å². The number of aliphatic hydroxyl groups is 1. The number of hydrogen-bond acceptors (Lipinski definition) is 2. The van der Waals surface area contributed by atoms with Crippen LogP contribution in [0.2, 0.25) is 5.02 Å². The van der Waals surface area contributed by atoms with Crippen LogP contribution >= 0.6 is 27.5 Å². The Morgan fingerprint density at radius 2 is 2.07 bits per heavy atom. The fourth-order valence-electron chi connectivity index (χ4n) is 1.15. The summed E-state index contributed by atoms with van der Waals surface area (Å²) in [6.07, 6.45) is -4.79. The summed E-state index contributed by atoms with van der Waals surface area (Å²) in [7, 11) is 1.33. The maximum Gasteiger partial charge on any atom is 0.268 e. The second-order valence-electron chi connectivity index (χ2n) is 2.79. The molecule has 0 aromatic heterocycles. The van der Waals surface area contributed by atoms with Crippen molar-refractivity contribution in [3.8, 4) is 5.75 Å². The lowest BCUT2D eigenvalue weighted by atomic mass is 10.1. The van der Waals surface area contributed by atoms with Gasteiger partial charge in [0.1, 0.15) is 11.9 Å². The van der Waals surface area contributed by atoms with Crippen LogP contribution in [0.3, 0.4) is 0 Å². The van der Waals surface area contributed by atoms with Crippen molar-refractivity contribution in [1.29, 1.82) is 0 Å². The van der Waals surface area contributed by atoms with Crippen molar-refractivity contribution in [3.63, 3.8) is 0 Å². The number of halogens is 4. The molecule has 0 aliphatic carbocycles. The molecule has 0 aliphatic rings. The zero-order chi connectivity index (χ0) is 11.6. The zero-order valence-corrected chi connectivity index (χ0v) is 10.0. The van der Waals surface area contributed by atoms with Gasteiger partial charge in [0.15, 0.2) is 0 Å². The SMILES string of the molecule is COc1c(Br)cc(Cl)cc1C(O)C(F)F. The first kappa shape index (κ1) is 12.7. The molecular formula is C9H8BrClF2O2. The van der Waals surface area contributed by atoms with Crippen LogP contribution in [0.5, 0.6) is 5.75 Å². The fourth-order valence-corrected chi connectivity index (χ4v) is 2.15. The first-order valence-corrected chi connectivity index (χ1v) is 5.13. The van der Waals surface area contributed by atoms with Gasteiger partial charge in [0, 0.05) is 10.6 Å². The Bertz CT molecular complexity index is 360. The first-order valence-electron chi connectivity index (χ1n) is 3.96. The summed E-state index contributed by atoms with van der Waals surface area (Å²) in [5.74, 6) is 0.159. The molecule has 84 valence electrons. The summed E-state index contributed by atoms with van der Waals surface area (Å²) in [6.45, 7) is 0. The molecule has 1 aromatic carbocycles. The molecule has 0 spiro atoms. The molecule has 1 aromatic rings. The van der Waals surface area contributed by atoms with E-state index in [9.17, 15) is 13.9 Å². The lowest BCUT2D eigenvalue weighted by molar-refractivity contribution is -0.00702. The van der Waals surface area contributed by atoms with Crippen LogP contribution in [0.25, 0.3) is 0 Å². The van der Waals surface area contributed by atoms with E-state index in [-0.39, 0.29) is 16.3 Å². The molecule has 0 saturated carbocycles. The van der Waals surface area contributed by atoms with Crippen molar-refractivity contribution in [2.45, 2.75) is 12.5 Å². The lowest BCUT2D eigenvalue weighted by Gasteiger charge is -2.15. The molecule has 6 heteroatoms. The Morgan fingerprint density at radius 3 is 2.53 bits per heavy atom. The van der Waals surface area contributed by atoms with Crippen LogP contribution in [0.1, 0.15) is 11.7 Å². The van der Waals surface area contributed by atoms with Crippen molar-refractivity contribution < 1.29 is 18.6 Å². The average molecular weight is 302 g/mol. The van der Waals surface area contributed by atoms with Gasteiger partial charge >= 0.3 is 0 Å². The van der Waals surface area contributed by atoms with Gasteiger partial charge in [-0.15, -0.1) is 0 Å². The zero-order valence-electron chi connectivity index (χ0n) is 7.68. The molecule has 0 aliphatic heterocycles. The minimum Gasteiger partial charge on any atom is -0.495 e. The predicted molar refractivity (Wildman–Crippen MR) is 56.7 cm³/mol. The van der Waals surface area contributed by atoms with Crippen LogP contribution in [-0.4, -0.2) is 18.6 Å². The summed E-state index contributed by atoms with van der Waals surface area (Å²) in [5, 5.41) is 9.50. The molecule has 1 N–H and O–H groups in total. The third-order valence-corrected chi connectivity index (χ3v) is 2.61. The highest BCUT2D eigenvalue weighted by molar-refractivity contribution is 9.10. The first-order chi connectivity index (χ1) is 6.97. The summed E-state index contributed by atoms with van der Waals surface area (Å²) in [4.78, 5) is 0. The van der Waals surface area contributed by atoms with E-state index in [1.54, 1.807) is 0 Å². The largest absolute Gasteiger partial charge is 0.495 e. The molecular weight excluding hydrogens is 293 g/mol. The van der Waals surface area contributed by atoms with Gasteiger partial charge < -0.3 is 9.84 Å². The maximum absolute atomic E-state index is 12.3. The predicted octanol–water partition coefficient (Wildman–Crippen LogP) is 3.41. The van der Waals surface area contributed by atoms with Crippen LogP contribution < -0.4 is 4.74 Å². The van der Waals surface area contributed by atoms with Crippen LogP contribution in [0.4, 0.5) is 8.78 Å². The van der Waals surface area contributed by atoms with E-state index in [1.165, 1.54) is 19.2 Å². The van der Waals surface area contributed by atoms with Gasteiger partial charge in [0.25, 0.3) is 6.43 Å². The number of methoxy groups -OCH3 is 1. The highest BCUT2D eigenvalue weighted by Crippen LogP contribution is 2.37. The lowest BCUT2D eigenvalue weighted by Crippen LogP contribution is -2.09. The molecule has 0 saturated heterocycles. The highest BCUT2D eigenvalue weighted by Gasteiger charge is 2.24. The average Bonchev–Trinajstić information content (AvgIpc) is 2.15. The normalized spacial score (nSPS) is 13.0. The van der Waals surface area contributed by atoms with E-state index in [4.69, 9.17) is 16.3 Å². The molecule has 15 heavy (non-hydrogen) atoms. The van der Waals surface area contributed by atoms with Gasteiger partial charge in [0.05, 0.1) is 11.6 Å². The molecule has 0 amide bonds. The number of alkyl halides is 2. The molecule has 1 unspecified atom stereocenters. The van der Waals surface area contributed by atoms with Gasteiger partial charge in [-0.25, -0.2) is 8.78 Å². The van der Waals surface area contributed by atoms with E-state index in [0.717, 1.165) is 0 Å². The fraction of sp³-hybridized carbons (Fsp3) is 0.333. The standard InChI is InChI=1S/C9H8BrClF2O2/c1-15-8-5(7(14)9(12)13)2-4(11)3-6(8)10/h2-3,7,9,14H,1H3. The summed E-state index contributed by atoms with van der Waals surface area (Å²) in [5.41, 5.74) is -0.0353. The molecule has 1 atom stereocenters. The molecule has 2 nitrogen and oxygen atoms in total. The van der Waals surface area contributed by atoms with Gasteiger partial charge in [0.2, 0.25) is 0 Å². The monoisotopic (exact) mass is 300 g/mol. The van der Waals surface area contributed by atoms with Crippen molar-refractivity contribution in [2.75, 3.05) is 7.11 Å². The third-order valence-electron chi connectivity index (χ3n) is 1.80. The number of benzene rings is 1. The summed E-state index contributed by atoms with van der Waals surface area (Å²) in [6, 6.07) is 2.75. The summed E-state index contributed by atoms with van der Waals surface area (Å²) < 4.78 is 30.0. The van der Waals surface area contributed by atoms with Crippen molar-refractivity contribution in [2.24, 2.45) is 0 Å². The topological polar surface area (TPSA) is 29.5 Å². The Hall–Kier alpha value is -0.390. The Kier molecular flexibility index (Phi) is 4.31. The molecule has 1 rings (SSSR count). The Balaban J connectivity index is 3.26.